The highest BCUT2D eigenvalue weighted by Gasteiger charge is 2.46. The summed E-state index contributed by atoms with van der Waals surface area (Å²) in [5.41, 5.74) is 0.282. The average molecular weight is 278 g/mol. The summed E-state index contributed by atoms with van der Waals surface area (Å²) in [6.45, 7) is 0. The van der Waals surface area contributed by atoms with Crippen molar-refractivity contribution in [2.45, 2.75) is 31.7 Å². The Hall–Kier alpha value is -2.31. The van der Waals surface area contributed by atoms with Crippen LogP contribution in [0.4, 0.5) is 4.39 Å². The largest absolute Gasteiger partial charge is 0.295 e. The quantitative estimate of drug-likeness (QED) is 0.690. The first-order chi connectivity index (χ1) is 9.49. The third-order valence-electron chi connectivity index (χ3n) is 3.69. The molecule has 0 spiro atoms. The lowest BCUT2D eigenvalue weighted by Crippen LogP contribution is -2.54. The fourth-order valence-corrected chi connectivity index (χ4v) is 2.69. The molecule has 4 amide bonds. The lowest BCUT2D eigenvalue weighted by Gasteiger charge is -2.28. The van der Waals surface area contributed by atoms with Gasteiger partial charge < -0.3 is 0 Å². The van der Waals surface area contributed by atoms with Crippen LogP contribution in [0.3, 0.4) is 0 Å². The van der Waals surface area contributed by atoms with Crippen molar-refractivity contribution in [1.29, 1.82) is 0 Å². The Bertz CT molecular complexity index is 620. The van der Waals surface area contributed by atoms with E-state index in [2.05, 4.69) is 5.32 Å². The van der Waals surface area contributed by atoms with E-state index in [1.807, 2.05) is 0 Å². The second-order valence-electron chi connectivity index (χ2n) is 4.93. The highest BCUT2D eigenvalue weighted by Crippen LogP contribution is 2.34. The number of nitrogens with one attached hydrogen (secondary N) is 1. The van der Waals surface area contributed by atoms with Crippen LogP contribution < -0.4 is 5.32 Å². The minimum atomic E-state index is -0.991. The van der Waals surface area contributed by atoms with Gasteiger partial charge in [-0.05, 0) is 18.9 Å². The van der Waals surface area contributed by atoms with Gasteiger partial charge in [-0.25, -0.2) is 4.39 Å². The number of halogens is 1. The number of amides is 4. The zero-order valence-electron chi connectivity index (χ0n) is 10.4. The van der Waals surface area contributed by atoms with Gasteiger partial charge >= 0.3 is 0 Å². The number of hydrogen-bond acceptors (Lipinski definition) is 4. The number of hydrogen-bond donors (Lipinski definition) is 1. The molecule has 3 rings (SSSR count). The predicted octanol–water partition coefficient (Wildman–Crippen LogP) is 0.104. The van der Waals surface area contributed by atoms with Gasteiger partial charge in [-0.2, -0.15) is 0 Å². The lowest BCUT2D eigenvalue weighted by atomic mass is 9.99. The predicted molar refractivity (Wildman–Crippen MR) is 63.5 cm³/mol. The van der Waals surface area contributed by atoms with E-state index in [4.69, 9.17) is 0 Å². The van der Waals surface area contributed by atoms with Crippen molar-refractivity contribution in [2.75, 3.05) is 0 Å². The van der Waals surface area contributed by atoms with E-state index in [0.29, 0.717) is 0 Å². The number of nitrogens with zero attached hydrogens (tertiary/aromatic N) is 1. The average Bonchev–Trinajstić information content (AvgIpc) is 2.63. The van der Waals surface area contributed by atoms with Gasteiger partial charge in [-0.15, -0.1) is 0 Å². The van der Waals surface area contributed by atoms with Crippen LogP contribution in [-0.4, -0.2) is 34.6 Å². The molecule has 20 heavy (non-hydrogen) atoms. The smallest absolute Gasteiger partial charge is 0.262 e. The highest BCUT2D eigenvalue weighted by molar-refractivity contribution is 6.23. The minimum Gasteiger partial charge on any atom is -0.295 e. The fourth-order valence-electron chi connectivity index (χ4n) is 2.69. The first-order valence-corrected chi connectivity index (χ1v) is 6.30. The molecule has 7 heteroatoms. The molecule has 0 aromatic rings. The van der Waals surface area contributed by atoms with Gasteiger partial charge in [0.1, 0.15) is 11.9 Å². The molecule has 6 nitrogen and oxygen atoms in total. The van der Waals surface area contributed by atoms with Gasteiger partial charge in [0, 0.05) is 18.4 Å². The van der Waals surface area contributed by atoms with E-state index >= 15 is 0 Å². The molecule has 2 aliphatic heterocycles. The second kappa shape index (κ2) is 4.36. The highest BCUT2D eigenvalue weighted by atomic mass is 19.1. The maximum Gasteiger partial charge on any atom is 0.262 e. The fraction of sp³-hybridized carbons (Fsp3) is 0.385. The van der Waals surface area contributed by atoms with Crippen molar-refractivity contribution in [3.05, 3.63) is 23.0 Å². The molecular weight excluding hydrogens is 267 g/mol. The summed E-state index contributed by atoms with van der Waals surface area (Å²) in [6, 6.07) is -0.991. The normalized spacial score (nSPS) is 26.8. The topological polar surface area (TPSA) is 83.6 Å². The van der Waals surface area contributed by atoms with Crippen molar-refractivity contribution in [3.63, 3.8) is 0 Å². The molecule has 0 radical (unpaired) electrons. The van der Waals surface area contributed by atoms with Gasteiger partial charge in [-0.3, -0.25) is 29.4 Å². The maximum absolute atomic E-state index is 13.2. The Morgan fingerprint density at radius 3 is 2.55 bits per heavy atom. The van der Waals surface area contributed by atoms with Gasteiger partial charge in [0.05, 0.1) is 5.57 Å². The van der Waals surface area contributed by atoms with Crippen LogP contribution in [0.1, 0.15) is 25.7 Å². The Kier molecular flexibility index (Phi) is 2.77. The third-order valence-corrected chi connectivity index (χ3v) is 3.69. The number of rotatable bonds is 1. The first-order valence-electron chi connectivity index (χ1n) is 6.30. The minimum absolute atomic E-state index is 0.0310. The molecule has 0 aromatic heterocycles. The van der Waals surface area contributed by atoms with E-state index in [9.17, 15) is 23.6 Å². The lowest BCUT2D eigenvalue weighted by molar-refractivity contribution is -0.150. The standard InChI is InChI=1S/C13H11FN2O4/c14-6-1-2-7-8(5-6)13(20)16(12(7)19)9-3-4-10(17)15-11(9)18/h5,9H,1-4H2,(H,15,17,18). The van der Waals surface area contributed by atoms with Crippen molar-refractivity contribution < 1.29 is 23.6 Å². The Morgan fingerprint density at radius 2 is 1.85 bits per heavy atom. The summed E-state index contributed by atoms with van der Waals surface area (Å²) >= 11 is 0. The van der Waals surface area contributed by atoms with E-state index in [1.54, 1.807) is 0 Å². The molecular formula is C13H11FN2O4. The van der Waals surface area contributed by atoms with Gasteiger partial charge in [0.2, 0.25) is 11.8 Å². The molecule has 3 aliphatic rings. The zero-order chi connectivity index (χ0) is 14.4. The van der Waals surface area contributed by atoms with E-state index < -0.39 is 35.5 Å². The summed E-state index contributed by atoms with van der Waals surface area (Å²) in [7, 11) is 0. The molecule has 0 saturated carbocycles. The van der Waals surface area contributed by atoms with Crippen LogP contribution in [0.25, 0.3) is 0 Å². The van der Waals surface area contributed by atoms with Crippen molar-refractivity contribution in [3.8, 4) is 0 Å². The number of carbonyl (C=O) groups excluding carboxylic acids is 4. The van der Waals surface area contributed by atoms with E-state index in [0.717, 1.165) is 11.0 Å². The monoisotopic (exact) mass is 278 g/mol. The van der Waals surface area contributed by atoms with Gasteiger partial charge in [0.25, 0.3) is 11.8 Å². The molecule has 1 N–H and O–H groups in total. The van der Waals surface area contributed by atoms with Crippen molar-refractivity contribution >= 4 is 23.6 Å². The Balaban J connectivity index is 1.91. The maximum atomic E-state index is 13.2. The van der Waals surface area contributed by atoms with Crippen LogP contribution in [0.5, 0.6) is 0 Å². The summed E-state index contributed by atoms with van der Waals surface area (Å²) in [6.07, 6.45) is 1.48. The van der Waals surface area contributed by atoms with E-state index in [-0.39, 0.29) is 36.8 Å². The Morgan fingerprint density at radius 1 is 1.10 bits per heavy atom. The van der Waals surface area contributed by atoms with Gasteiger partial charge in [-0.1, -0.05) is 0 Å². The third kappa shape index (κ3) is 1.77. The molecule has 0 aromatic carbocycles. The summed E-state index contributed by atoms with van der Waals surface area (Å²) in [4.78, 5) is 48.1. The summed E-state index contributed by atoms with van der Waals surface area (Å²) < 4.78 is 13.2. The molecule has 1 atom stereocenters. The number of imide groups is 2. The zero-order valence-corrected chi connectivity index (χ0v) is 10.4. The second-order valence-corrected chi connectivity index (χ2v) is 4.93. The molecule has 1 unspecified atom stereocenters. The SMILES string of the molecule is O=C1CCC(N2C(=O)C3=C(CCC(F)=C3)C2=O)C(=O)N1. The summed E-state index contributed by atoms with van der Waals surface area (Å²) in [5, 5.41) is 2.11. The van der Waals surface area contributed by atoms with Crippen LogP contribution in [0.15, 0.2) is 23.0 Å². The van der Waals surface area contributed by atoms with E-state index in [1.165, 1.54) is 0 Å². The van der Waals surface area contributed by atoms with Crippen molar-refractivity contribution in [1.82, 2.24) is 10.2 Å². The molecule has 1 fully saturated rings. The van der Waals surface area contributed by atoms with Crippen LogP contribution in [-0.2, 0) is 19.2 Å². The van der Waals surface area contributed by atoms with Gasteiger partial charge in [0.15, 0.2) is 0 Å². The number of allylic oxidation sites excluding steroid dienone is 1. The van der Waals surface area contributed by atoms with Crippen LogP contribution in [0, 0.1) is 0 Å². The molecule has 1 aliphatic carbocycles. The van der Waals surface area contributed by atoms with Crippen molar-refractivity contribution in [2.24, 2.45) is 0 Å². The molecule has 1 saturated heterocycles. The number of carbonyl (C=O) groups is 4. The molecule has 104 valence electrons. The molecule has 2 heterocycles. The molecule has 0 bridgehead atoms. The number of piperidine rings is 1. The van der Waals surface area contributed by atoms with Crippen LogP contribution in [0.2, 0.25) is 0 Å². The first kappa shape index (κ1) is 12.7. The van der Waals surface area contributed by atoms with Crippen LogP contribution >= 0.6 is 0 Å². The Labute approximate surface area is 113 Å². The summed E-state index contributed by atoms with van der Waals surface area (Å²) in [5.74, 6) is -2.74.